The van der Waals surface area contributed by atoms with Gasteiger partial charge in [0, 0.05) is 43.5 Å². The van der Waals surface area contributed by atoms with Gasteiger partial charge in [0.25, 0.3) is 0 Å². The van der Waals surface area contributed by atoms with E-state index in [4.69, 9.17) is 0 Å². The first kappa shape index (κ1) is 19.1. The van der Waals surface area contributed by atoms with E-state index in [0.29, 0.717) is 6.04 Å². The quantitative estimate of drug-likeness (QED) is 0.880. The Balaban J connectivity index is 1.89. The highest BCUT2D eigenvalue weighted by Crippen LogP contribution is 2.33. The Kier molecular flexibility index (Phi) is 5.27. The second-order valence-corrected chi connectivity index (χ2v) is 9.28. The van der Waals surface area contributed by atoms with E-state index in [0.717, 1.165) is 25.9 Å². The monoisotopic (exact) mass is 354 g/mol. The van der Waals surface area contributed by atoms with E-state index in [1.807, 2.05) is 12.5 Å². The van der Waals surface area contributed by atoms with Gasteiger partial charge >= 0.3 is 0 Å². The van der Waals surface area contributed by atoms with Gasteiger partial charge in [0.1, 0.15) is 0 Å². The van der Waals surface area contributed by atoms with Crippen molar-refractivity contribution < 1.29 is 0 Å². The first-order valence-electron chi connectivity index (χ1n) is 9.68. The van der Waals surface area contributed by atoms with E-state index in [1.54, 1.807) is 0 Å². The summed E-state index contributed by atoms with van der Waals surface area (Å²) in [6.07, 6.45) is 6.21. The van der Waals surface area contributed by atoms with E-state index in [1.165, 1.54) is 16.8 Å². The lowest BCUT2D eigenvalue weighted by molar-refractivity contribution is 0.0550. The highest BCUT2D eigenvalue weighted by Gasteiger charge is 2.40. The fourth-order valence-corrected chi connectivity index (χ4v) is 4.59. The van der Waals surface area contributed by atoms with Crippen molar-refractivity contribution in [2.24, 2.45) is 7.05 Å². The van der Waals surface area contributed by atoms with Crippen LogP contribution in [0, 0.1) is 6.92 Å². The zero-order valence-electron chi connectivity index (χ0n) is 17.2. The first-order chi connectivity index (χ1) is 12.2. The lowest BCUT2D eigenvalue weighted by Gasteiger charge is -2.49. The molecule has 0 radical (unpaired) electrons. The van der Waals surface area contributed by atoms with Crippen LogP contribution >= 0.6 is 0 Å². The lowest BCUT2D eigenvalue weighted by Crippen LogP contribution is -2.62. The predicted octanol–water partition coefficient (Wildman–Crippen LogP) is 4.04. The van der Waals surface area contributed by atoms with Gasteiger partial charge in [-0.2, -0.15) is 0 Å². The SMILES string of the molecule is Cc1ccccc1CN(Cc1cncn1C)C1CC(C)(C)NC(C)(C)C1. The molecule has 1 N–H and O–H groups in total. The molecule has 142 valence electrons. The maximum Gasteiger partial charge on any atom is 0.0945 e. The molecule has 4 heteroatoms. The van der Waals surface area contributed by atoms with E-state index in [-0.39, 0.29) is 11.1 Å². The lowest BCUT2D eigenvalue weighted by atomic mass is 9.79. The van der Waals surface area contributed by atoms with Crippen molar-refractivity contribution in [3.63, 3.8) is 0 Å². The van der Waals surface area contributed by atoms with Crippen molar-refractivity contribution in [1.29, 1.82) is 0 Å². The maximum absolute atomic E-state index is 4.33. The molecule has 0 bridgehead atoms. The van der Waals surface area contributed by atoms with Crippen molar-refractivity contribution in [2.45, 2.75) is 77.7 Å². The van der Waals surface area contributed by atoms with E-state index in [9.17, 15) is 0 Å². The number of rotatable bonds is 5. The summed E-state index contributed by atoms with van der Waals surface area (Å²) in [6, 6.07) is 9.30. The highest BCUT2D eigenvalue weighted by molar-refractivity contribution is 5.25. The predicted molar refractivity (Wildman–Crippen MR) is 108 cm³/mol. The molecule has 0 aliphatic carbocycles. The fraction of sp³-hybridized carbons (Fsp3) is 0.591. The number of aromatic nitrogens is 2. The average Bonchev–Trinajstić information content (AvgIpc) is 2.91. The van der Waals surface area contributed by atoms with E-state index in [2.05, 4.69) is 85.7 Å². The second kappa shape index (κ2) is 7.16. The van der Waals surface area contributed by atoms with E-state index < -0.39 is 0 Å². The summed E-state index contributed by atoms with van der Waals surface area (Å²) in [7, 11) is 2.09. The molecule has 3 rings (SSSR count). The molecule has 26 heavy (non-hydrogen) atoms. The van der Waals surface area contributed by atoms with Crippen molar-refractivity contribution >= 4 is 0 Å². The summed E-state index contributed by atoms with van der Waals surface area (Å²) in [4.78, 5) is 6.98. The Morgan fingerprint density at radius 1 is 1.12 bits per heavy atom. The molecule has 2 aromatic rings. The number of piperidine rings is 1. The first-order valence-corrected chi connectivity index (χ1v) is 9.68. The zero-order valence-corrected chi connectivity index (χ0v) is 17.2. The van der Waals surface area contributed by atoms with Crippen LogP contribution in [0.5, 0.6) is 0 Å². The number of benzene rings is 1. The minimum Gasteiger partial charge on any atom is -0.337 e. The second-order valence-electron chi connectivity index (χ2n) is 9.28. The number of nitrogens with zero attached hydrogens (tertiary/aromatic N) is 3. The van der Waals surface area contributed by atoms with Gasteiger partial charge < -0.3 is 9.88 Å². The van der Waals surface area contributed by atoms with Crippen LogP contribution in [0.1, 0.15) is 57.4 Å². The zero-order chi connectivity index (χ0) is 18.9. The molecule has 0 unspecified atom stereocenters. The molecule has 0 atom stereocenters. The number of hydrogen-bond acceptors (Lipinski definition) is 3. The van der Waals surface area contributed by atoms with Crippen LogP contribution in [0.4, 0.5) is 0 Å². The topological polar surface area (TPSA) is 33.1 Å². The highest BCUT2D eigenvalue weighted by atomic mass is 15.2. The van der Waals surface area contributed by atoms with Crippen LogP contribution in [0.3, 0.4) is 0 Å². The molecule has 2 heterocycles. The molecule has 0 saturated carbocycles. The molecule has 0 spiro atoms. The number of imidazole rings is 1. The average molecular weight is 355 g/mol. The third-order valence-corrected chi connectivity index (χ3v) is 5.60. The Bertz CT molecular complexity index is 728. The molecule has 1 aromatic carbocycles. The minimum absolute atomic E-state index is 0.142. The molecule has 0 amide bonds. The van der Waals surface area contributed by atoms with Crippen molar-refractivity contribution in [2.75, 3.05) is 0 Å². The summed E-state index contributed by atoms with van der Waals surface area (Å²) in [5.41, 5.74) is 4.35. The Morgan fingerprint density at radius 2 is 1.77 bits per heavy atom. The van der Waals surface area contributed by atoms with Crippen LogP contribution in [-0.4, -0.2) is 31.6 Å². The maximum atomic E-state index is 4.33. The van der Waals surface area contributed by atoms with Crippen molar-refractivity contribution in [3.05, 3.63) is 53.6 Å². The Labute approximate surface area is 158 Å². The van der Waals surface area contributed by atoms with Gasteiger partial charge in [0.15, 0.2) is 0 Å². The summed E-state index contributed by atoms with van der Waals surface area (Å²) in [5.74, 6) is 0. The molecule has 1 fully saturated rings. The van der Waals surface area contributed by atoms with E-state index >= 15 is 0 Å². The summed E-state index contributed by atoms with van der Waals surface area (Å²) in [6.45, 7) is 13.5. The number of aryl methyl sites for hydroxylation is 2. The van der Waals surface area contributed by atoms with Crippen LogP contribution in [0.2, 0.25) is 0 Å². The fourth-order valence-electron chi connectivity index (χ4n) is 4.59. The molecule has 1 aromatic heterocycles. The third kappa shape index (κ3) is 4.54. The number of nitrogens with one attached hydrogen (secondary N) is 1. The largest absolute Gasteiger partial charge is 0.337 e. The molecular formula is C22H34N4. The smallest absolute Gasteiger partial charge is 0.0945 e. The molecule has 1 aliphatic heterocycles. The summed E-state index contributed by atoms with van der Waals surface area (Å²) >= 11 is 0. The Hall–Kier alpha value is -1.65. The summed E-state index contributed by atoms with van der Waals surface area (Å²) in [5, 5.41) is 3.82. The molecule has 4 nitrogen and oxygen atoms in total. The van der Waals surface area contributed by atoms with Gasteiger partial charge in [-0.1, -0.05) is 24.3 Å². The van der Waals surface area contributed by atoms with Crippen LogP contribution in [0.25, 0.3) is 0 Å². The summed E-state index contributed by atoms with van der Waals surface area (Å²) < 4.78 is 2.14. The Morgan fingerprint density at radius 3 is 2.35 bits per heavy atom. The van der Waals surface area contributed by atoms with Crippen molar-refractivity contribution in [1.82, 2.24) is 19.8 Å². The van der Waals surface area contributed by atoms with Gasteiger partial charge in [-0.15, -0.1) is 0 Å². The van der Waals surface area contributed by atoms with Crippen LogP contribution in [0.15, 0.2) is 36.8 Å². The van der Waals surface area contributed by atoms with Crippen LogP contribution in [-0.2, 0) is 20.1 Å². The third-order valence-electron chi connectivity index (χ3n) is 5.60. The van der Waals surface area contributed by atoms with Gasteiger partial charge in [-0.05, 0) is 58.6 Å². The van der Waals surface area contributed by atoms with Gasteiger partial charge in [0.2, 0.25) is 0 Å². The van der Waals surface area contributed by atoms with Crippen LogP contribution < -0.4 is 5.32 Å². The minimum atomic E-state index is 0.142. The molecule has 1 saturated heterocycles. The van der Waals surface area contributed by atoms with Crippen molar-refractivity contribution in [3.8, 4) is 0 Å². The normalized spacial score (nSPS) is 19.8. The molecular weight excluding hydrogens is 320 g/mol. The van der Waals surface area contributed by atoms with Gasteiger partial charge in [-0.3, -0.25) is 4.90 Å². The van der Waals surface area contributed by atoms with Gasteiger partial charge in [-0.25, -0.2) is 4.98 Å². The molecule has 1 aliphatic rings. The standard InChI is InChI=1S/C22H34N4/c1-17-9-7-8-10-18(17)14-26(15-20-13-23-16-25(20)6)19-11-21(2,3)24-22(4,5)12-19/h7-10,13,16,19,24H,11-12,14-15H2,1-6H3. The number of hydrogen-bond donors (Lipinski definition) is 1. The van der Waals surface area contributed by atoms with Gasteiger partial charge in [0.05, 0.1) is 12.0 Å².